The Morgan fingerprint density at radius 1 is 1.39 bits per heavy atom. The third kappa shape index (κ3) is 3.11. The molecule has 0 bridgehead atoms. The van der Waals surface area contributed by atoms with E-state index in [0.717, 1.165) is 18.0 Å². The summed E-state index contributed by atoms with van der Waals surface area (Å²) in [5.41, 5.74) is 1.22. The van der Waals surface area contributed by atoms with E-state index in [1.807, 2.05) is 25.4 Å². The summed E-state index contributed by atoms with van der Waals surface area (Å²) in [6.45, 7) is 5.20. The van der Waals surface area contributed by atoms with Gasteiger partial charge in [0.25, 0.3) is 0 Å². The summed E-state index contributed by atoms with van der Waals surface area (Å²) in [4.78, 5) is 0. The van der Waals surface area contributed by atoms with Crippen molar-refractivity contribution in [2.75, 3.05) is 6.54 Å². The Balaban J connectivity index is 2.12. The van der Waals surface area contributed by atoms with Crippen LogP contribution in [0.25, 0.3) is 0 Å². The van der Waals surface area contributed by atoms with Gasteiger partial charge in [-0.1, -0.05) is 19.1 Å². The van der Waals surface area contributed by atoms with E-state index in [4.69, 9.17) is 4.74 Å². The molecule has 4 nitrogen and oxygen atoms in total. The van der Waals surface area contributed by atoms with Crippen LogP contribution in [0.3, 0.4) is 0 Å². The van der Waals surface area contributed by atoms with Crippen LogP contribution in [-0.4, -0.2) is 16.3 Å². The Bertz CT molecular complexity index is 507. The average molecular weight is 245 g/mol. The Kier molecular flexibility index (Phi) is 3.99. The van der Waals surface area contributed by atoms with Gasteiger partial charge in [0.15, 0.2) is 5.75 Å². The lowest BCUT2D eigenvalue weighted by Gasteiger charge is -2.13. The Labute approximate surface area is 108 Å². The molecule has 96 valence electrons. The zero-order valence-electron chi connectivity index (χ0n) is 11.1. The predicted molar refractivity (Wildman–Crippen MR) is 71.8 cm³/mol. The second-order valence-corrected chi connectivity index (χ2v) is 4.30. The van der Waals surface area contributed by atoms with Crippen molar-refractivity contribution in [1.29, 1.82) is 0 Å². The minimum atomic E-state index is 0.326. The van der Waals surface area contributed by atoms with Crippen molar-refractivity contribution in [3.8, 4) is 11.5 Å². The van der Waals surface area contributed by atoms with Crippen LogP contribution in [-0.2, 0) is 7.05 Å². The summed E-state index contributed by atoms with van der Waals surface area (Å²) in [7, 11) is 1.87. The van der Waals surface area contributed by atoms with E-state index in [-0.39, 0.29) is 0 Å². The Morgan fingerprint density at radius 2 is 2.22 bits per heavy atom. The lowest BCUT2D eigenvalue weighted by Crippen LogP contribution is -2.17. The summed E-state index contributed by atoms with van der Waals surface area (Å²) < 4.78 is 7.48. The number of ether oxygens (including phenoxy) is 1. The zero-order valence-corrected chi connectivity index (χ0v) is 11.1. The van der Waals surface area contributed by atoms with Crippen molar-refractivity contribution < 1.29 is 4.74 Å². The third-order valence-electron chi connectivity index (χ3n) is 2.79. The average Bonchev–Trinajstić information content (AvgIpc) is 2.75. The largest absolute Gasteiger partial charge is 0.454 e. The molecule has 18 heavy (non-hydrogen) atoms. The lowest BCUT2D eigenvalue weighted by atomic mass is 10.1. The summed E-state index contributed by atoms with van der Waals surface area (Å²) in [5, 5.41) is 7.46. The van der Waals surface area contributed by atoms with Crippen LogP contribution in [0.4, 0.5) is 0 Å². The van der Waals surface area contributed by atoms with Gasteiger partial charge >= 0.3 is 0 Å². The molecule has 2 rings (SSSR count). The Morgan fingerprint density at radius 3 is 2.89 bits per heavy atom. The number of rotatable bonds is 5. The van der Waals surface area contributed by atoms with E-state index < -0.39 is 0 Å². The second kappa shape index (κ2) is 5.69. The van der Waals surface area contributed by atoms with Crippen molar-refractivity contribution in [3.05, 3.63) is 42.2 Å². The fourth-order valence-corrected chi connectivity index (χ4v) is 1.86. The maximum Gasteiger partial charge on any atom is 0.165 e. The number of hydrogen-bond donors (Lipinski definition) is 1. The number of nitrogens with one attached hydrogen (secondary N) is 1. The molecule has 0 aliphatic rings. The van der Waals surface area contributed by atoms with Gasteiger partial charge < -0.3 is 10.1 Å². The standard InChI is InChI=1S/C14H19N3O/c1-4-15-11(2)12-6-5-7-13(8-12)18-14-9-16-17(3)10-14/h5-11,15H,4H2,1-3H3. The molecular formula is C14H19N3O. The number of hydrogen-bond acceptors (Lipinski definition) is 3. The lowest BCUT2D eigenvalue weighted by molar-refractivity contribution is 0.479. The molecule has 0 aliphatic heterocycles. The maximum absolute atomic E-state index is 5.76. The van der Waals surface area contributed by atoms with Crippen molar-refractivity contribution in [2.24, 2.45) is 7.05 Å². The molecule has 4 heteroatoms. The molecule has 0 amide bonds. The highest BCUT2D eigenvalue weighted by molar-refractivity contribution is 5.33. The van der Waals surface area contributed by atoms with Crippen LogP contribution in [0.15, 0.2) is 36.7 Å². The molecule has 0 aliphatic carbocycles. The molecule has 1 unspecified atom stereocenters. The van der Waals surface area contributed by atoms with Gasteiger partial charge in [0.05, 0.1) is 12.4 Å². The molecule has 1 aromatic carbocycles. The van der Waals surface area contributed by atoms with E-state index >= 15 is 0 Å². The van der Waals surface area contributed by atoms with Crippen molar-refractivity contribution >= 4 is 0 Å². The number of aryl methyl sites for hydroxylation is 1. The minimum absolute atomic E-state index is 0.326. The first-order valence-electron chi connectivity index (χ1n) is 6.19. The number of benzene rings is 1. The van der Waals surface area contributed by atoms with E-state index in [9.17, 15) is 0 Å². The topological polar surface area (TPSA) is 39.1 Å². The SMILES string of the molecule is CCNC(C)c1cccc(Oc2cnn(C)c2)c1. The molecule has 1 atom stereocenters. The highest BCUT2D eigenvalue weighted by Gasteiger charge is 2.06. The summed E-state index contributed by atoms with van der Waals surface area (Å²) >= 11 is 0. The molecule has 0 saturated carbocycles. The van der Waals surface area contributed by atoms with Gasteiger partial charge in [0, 0.05) is 13.1 Å². The van der Waals surface area contributed by atoms with Crippen LogP contribution >= 0.6 is 0 Å². The normalized spacial score (nSPS) is 12.4. The van der Waals surface area contributed by atoms with Gasteiger partial charge in [0.1, 0.15) is 5.75 Å². The van der Waals surface area contributed by atoms with Crippen LogP contribution in [0.5, 0.6) is 11.5 Å². The van der Waals surface area contributed by atoms with Gasteiger partial charge in [-0.15, -0.1) is 0 Å². The highest BCUT2D eigenvalue weighted by Crippen LogP contribution is 2.23. The molecule has 0 radical (unpaired) electrons. The molecule has 0 fully saturated rings. The zero-order chi connectivity index (χ0) is 13.0. The predicted octanol–water partition coefficient (Wildman–Crippen LogP) is 2.88. The second-order valence-electron chi connectivity index (χ2n) is 4.30. The quantitative estimate of drug-likeness (QED) is 0.880. The highest BCUT2D eigenvalue weighted by atomic mass is 16.5. The summed E-state index contributed by atoms with van der Waals surface area (Å²) in [6.07, 6.45) is 3.56. The monoisotopic (exact) mass is 245 g/mol. The molecule has 1 N–H and O–H groups in total. The van der Waals surface area contributed by atoms with Crippen LogP contribution in [0.2, 0.25) is 0 Å². The van der Waals surface area contributed by atoms with Gasteiger partial charge in [-0.25, -0.2) is 0 Å². The van der Waals surface area contributed by atoms with E-state index in [2.05, 4.69) is 36.4 Å². The van der Waals surface area contributed by atoms with Crippen molar-refractivity contribution in [3.63, 3.8) is 0 Å². The van der Waals surface area contributed by atoms with E-state index in [1.54, 1.807) is 10.9 Å². The molecular weight excluding hydrogens is 226 g/mol. The summed E-state index contributed by atoms with van der Waals surface area (Å²) in [5.74, 6) is 1.59. The molecule has 0 spiro atoms. The van der Waals surface area contributed by atoms with Crippen molar-refractivity contribution in [1.82, 2.24) is 15.1 Å². The first-order valence-corrected chi connectivity index (χ1v) is 6.19. The maximum atomic E-state index is 5.76. The van der Waals surface area contributed by atoms with Crippen LogP contribution < -0.4 is 10.1 Å². The molecule has 1 aromatic heterocycles. The van der Waals surface area contributed by atoms with Gasteiger partial charge in [-0.05, 0) is 31.2 Å². The van der Waals surface area contributed by atoms with Crippen LogP contribution in [0, 0.1) is 0 Å². The van der Waals surface area contributed by atoms with Crippen molar-refractivity contribution in [2.45, 2.75) is 19.9 Å². The first kappa shape index (κ1) is 12.6. The molecule has 2 aromatic rings. The van der Waals surface area contributed by atoms with Gasteiger partial charge in [0.2, 0.25) is 0 Å². The molecule has 0 saturated heterocycles. The summed E-state index contributed by atoms with van der Waals surface area (Å²) in [6, 6.07) is 8.45. The first-order chi connectivity index (χ1) is 8.69. The number of nitrogens with zero attached hydrogens (tertiary/aromatic N) is 2. The van der Waals surface area contributed by atoms with Gasteiger partial charge in [-0.2, -0.15) is 5.10 Å². The van der Waals surface area contributed by atoms with E-state index in [0.29, 0.717) is 6.04 Å². The smallest absolute Gasteiger partial charge is 0.165 e. The van der Waals surface area contributed by atoms with E-state index in [1.165, 1.54) is 5.56 Å². The van der Waals surface area contributed by atoms with Crippen LogP contribution in [0.1, 0.15) is 25.5 Å². The fraction of sp³-hybridized carbons (Fsp3) is 0.357. The van der Waals surface area contributed by atoms with Gasteiger partial charge in [-0.3, -0.25) is 4.68 Å². The molecule has 1 heterocycles. The third-order valence-corrected chi connectivity index (χ3v) is 2.79. The Hall–Kier alpha value is -1.81. The fourth-order valence-electron chi connectivity index (χ4n) is 1.86. The number of aromatic nitrogens is 2. The minimum Gasteiger partial charge on any atom is -0.454 e.